The smallest absolute Gasteiger partial charge is 0.254 e. The van der Waals surface area contributed by atoms with Gasteiger partial charge in [-0.3, -0.25) is 9.59 Å². The van der Waals surface area contributed by atoms with Gasteiger partial charge >= 0.3 is 0 Å². The molecular weight excluding hydrogens is 574 g/mol. The highest BCUT2D eigenvalue weighted by atomic mass is 79.9. The number of hydrogen-bond donors (Lipinski definition) is 0. The van der Waals surface area contributed by atoms with Crippen molar-refractivity contribution in [2.24, 2.45) is 5.92 Å². The van der Waals surface area contributed by atoms with Crippen molar-refractivity contribution in [3.8, 4) is 0 Å². The van der Waals surface area contributed by atoms with Crippen LogP contribution in [0.4, 0.5) is 0 Å². The van der Waals surface area contributed by atoms with Gasteiger partial charge in [0.2, 0.25) is 5.91 Å². The number of aromatic nitrogens is 1. The van der Waals surface area contributed by atoms with E-state index in [1.807, 2.05) is 42.5 Å². The number of carbonyl (C=O) groups excluding carboxylic acids is 2. The van der Waals surface area contributed by atoms with Crippen molar-refractivity contribution in [1.29, 1.82) is 0 Å². The zero-order chi connectivity index (χ0) is 28.8. The Morgan fingerprint density at radius 1 is 0.902 bits per heavy atom. The third-order valence-electron chi connectivity index (χ3n) is 8.05. The average molecular weight is 615 g/mol. The SMILES string of the molecule is CC(C)CN(CC(=O)N(Cc1cccn1Cc1ccc(Br)cc1)C1CCCCC1)C(=O)c1ccc2ccccc2c1. The molecule has 1 heterocycles. The molecule has 4 aromatic rings. The first-order valence-electron chi connectivity index (χ1n) is 14.8. The van der Waals surface area contributed by atoms with Crippen LogP contribution in [0.15, 0.2) is 89.5 Å². The van der Waals surface area contributed by atoms with Crippen molar-refractivity contribution < 1.29 is 9.59 Å². The minimum Gasteiger partial charge on any atom is -0.345 e. The van der Waals surface area contributed by atoms with E-state index in [-0.39, 0.29) is 30.3 Å². The van der Waals surface area contributed by atoms with E-state index >= 15 is 0 Å². The van der Waals surface area contributed by atoms with Gasteiger partial charge in [0.15, 0.2) is 0 Å². The third-order valence-corrected chi connectivity index (χ3v) is 8.58. The number of hydrogen-bond acceptors (Lipinski definition) is 2. The molecule has 41 heavy (non-hydrogen) atoms. The predicted octanol–water partition coefficient (Wildman–Crippen LogP) is 7.91. The second kappa shape index (κ2) is 13.5. The molecule has 1 fully saturated rings. The molecule has 1 aromatic heterocycles. The summed E-state index contributed by atoms with van der Waals surface area (Å²) in [5, 5.41) is 2.13. The molecule has 214 valence electrons. The van der Waals surface area contributed by atoms with Crippen LogP contribution >= 0.6 is 15.9 Å². The number of halogens is 1. The van der Waals surface area contributed by atoms with Crippen molar-refractivity contribution in [3.05, 3.63) is 106 Å². The van der Waals surface area contributed by atoms with Crippen molar-refractivity contribution in [2.75, 3.05) is 13.1 Å². The molecule has 0 aliphatic heterocycles. The van der Waals surface area contributed by atoms with Gasteiger partial charge in [0.25, 0.3) is 5.91 Å². The van der Waals surface area contributed by atoms with E-state index in [1.165, 1.54) is 12.0 Å². The minimum absolute atomic E-state index is 0.0306. The van der Waals surface area contributed by atoms with Gasteiger partial charge in [-0.05, 0) is 71.5 Å². The lowest BCUT2D eigenvalue weighted by molar-refractivity contribution is -0.135. The minimum atomic E-state index is -0.0833. The normalized spacial score (nSPS) is 14.0. The van der Waals surface area contributed by atoms with Gasteiger partial charge in [0.05, 0.1) is 6.54 Å². The van der Waals surface area contributed by atoms with E-state index in [2.05, 4.69) is 81.8 Å². The summed E-state index contributed by atoms with van der Waals surface area (Å²) in [4.78, 5) is 31.8. The Kier molecular flexibility index (Phi) is 9.60. The molecule has 5 rings (SSSR count). The van der Waals surface area contributed by atoms with Gasteiger partial charge in [0.1, 0.15) is 6.54 Å². The molecule has 1 aliphatic carbocycles. The fourth-order valence-electron chi connectivity index (χ4n) is 5.94. The standard InChI is InChI=1S/C35H40BrN3O2/c1-26(2)22-38(35(41)30-17-16-28-9-6-7-10-29(28)21-30)25-34(40)39(32-11-4-3-5-12-32)24-33-13-8-20-37(33)23-27-14-18-31(36)19-15-27/h6-10,13-21,26,32H,3-5,11-12,22-25H2,1-2H3. The fourth-order valence-corrected chi connectivity index (χ4v) is 6.21. The molecule has 0 saturated heterocycles. The molecule has 0 atom stereocenters. The molecule has 0 bridgehead atoms. The zero-order valence-corrected chi connectivity index (χ0v) is 25.7. The van der Waals surface area contributed by atoms with Crippen LogP contribution in [0.25, 0.3) is 10.8 Å². The summed E-state index contributed by atoms with van der Waals surface area (Å²) in [7, 11) is 0. The molecule has 0 N–H and O–H groups in total. The Morgan fingerprint density at radius 3 is 2.37 bits per heavy atom. The van der Waals surface area contributed by atoms with E-state index in [0.29, 0.717) is 18.7 Å². The maximum atomic E-state index is 14.1. The van der Waals surface area contributed by atoms with E-state index in [9.17, 15) is 9.59 Å². The summed E-state index contributed by atoms with van der Waals surface area (Å²) in [6.07, 6.45) is 7.62. The maximum absolute atomic E-state index is 14.1. The van der Waals surface area contributed by atoms with E-state index in [4.69, 9.17) is 0 Å². The van der Waals surface area contributed by atoms with Crippen LogP contribution in [-0.4, -0.2) is 45.3 Å². The largest absolute Gasteiger partial charge is 0.345 e. The lowest BCUT2D eigenvalue weighted by Gasteiger charge is -2.36. The second-order valence-corrected chi connectivity index (χ2v) is 12.6. The predicted molar refractivity (Wildman–Crippen MR) is 170 cm³/mol. The highest BCUT2D eigenvalue weighted by molar-refractivity contribution is 9.10. The lowest BCUT2D eigenvalue weighted by Crippen LogP contribution is -2.48. The summed E-state index contributed by atoms with van der Waals surface area (Å²) in [6, 6.07) is 26.6. The lowest BCUT2D eigenvalue weighted by atomic mass is 9.94. The van der Waals surface area contributed by atoms with Gasteiger partial charge < -0.3 is 14.4 Å². The third kappa shape index (κ3) is 7.48. The monoisotopic (exact) mass is 613 g/mol. The van der Waals surface area contributed by atoms with Gasteiger partial charge in [-0.15, -0.1) is 0 Å². The van der Waals surface area contributed by atoms with Gasteiger partial charge in [-0.1, -0.05) is 91.5 Å². The Hall–Kier alpha value is -3.38. The summed E-state index contributed by atoms with van der Waals surface area (Å²) < 4.78 is 3.30. The first kappa shape index (κ1) is 29.1. The number of nitrogens with zero attached hydrogens (tertiary/aromatic N) is 3. The van der Waals surface area contributed by atoms with Gasteiger partial charge in [-0.2, -0.15) is 0 Å². The molecule has 2 amide bonds. The highest BCUT2D eigenvalue weighted by Gasteiger charge is 2.29. The van der Waals surface area contributed by atoms with E-state index in [1.54, 1.807) is 4.90 Å². The topological polar surface area (TPSA) is 45.6 Å². The molecule has 3 aromatic carbocycles. The molecule has 5 nitrogen and oxygen atoms in total. The van der Waals surface area contributed by atoms with Crippen LogP contribution in [0, 0.1) is 5.92 Å². The van der Waals surface area contributed by atoms with Crippen LogP contribution in [0.1, 0.15) is 67.6 Å². The van der Waals surface area contributed by atoms with Crippen molar-refractivity contribution >= 4 is 38.5 Å². The molecule has 1 aliphatic rings. The Bertz CT molecular complexity index is 1470. The van der Waals surface area contributed by atoms with Crippen LogP contribution in [0.3, 0.4) is 0 Å². The Morgan fingerprint density at radius 2 is 1.63 bits per heavy atom. The second-order valence-electron chi connectivity index (χ2n) is 11.7. The first-order valence-corrected chi connectivity index (χ1v) is 15.6. The van der Waals surface area contributed by atoms with E-state index < -0.39 is 0 Å². The summed E-state index contributed by atoms with van der Waals surface area (Å²) in [5.74, 6) is 0.196. The molecule has 0 radical (unpaired) electrons. The van der Waals surface area contributed by atoms with Crippen molar-refractivity contribution in [3.63, 3.8) is 0 Å². The number of rotatable bonds is 10. The van der Waals surface area contributed by atoms with Crippen LogP contribution in [-0.2, 0) is 17.9 Å². The average Bonchev–Trinajstić information content (AvgIpc) is 3.42. The number of fused-ring (bicyclic) bond motifs is 1. The summed E-state index contributed by atoms with van der Waals surface area (Å²) in [6.45, 7) is 6.12. The number of amides is 2. The maximum Gasteiger partial charge on any atom is 0.254 e. The number of carbonyl (C=O) groups is 2. The van der Waals surface area contributed by atoms with E-state index in [0.717, 1.165) is 53.2 Å². The molecule has 1 saturated carbocycles. The van der Waals surface area contributed by atoms with Gasteiger partial charge in [-0.25, -0.2) is 0 Å². The zero-order valence-electron chi connectivity index (χ0n) is 24.1. The Labute approximate surface area is 252 Å². The Balaban J connectivity index is 1.37. The molecule has 0 spiro atoms. The molecular formula is C35H40BrN3O2. The molecule has 6 heteroatoms. The quantitative estimate of drug-likeness (QED) is 0.182. The summed E-state index contributed by atoms with van der Waals surface area (Å²) in [5.41, 5.74) is 2.96. The van der Waals surface area contributed by atoms with Crippen LogP contribution < -0.4 is 0 Å². The van der Waals surface area contributed by atoms with Crippen LogP contribution in [0.2, 0.25) is 0 Å². The fraction of sp³-hybridized carbons (Fsp3) is 0.371. The number of benzene rings is 3. The summed E-state index contributed by atoms with van der Waals surface area (Å²) >= 11 is 3.52. The highest BCUT2D eigenvalue weighted by Crippen LogP contribution is 2.26. The van der Waals surface area contributed by atoms with Crippen LogP contribution in [0.5, 0.6) is 0 Å². The first-order chi connectivity index (χ1) is 19.9. The van der Waals surface area contributed by atoms with Crippen molar-refractivity contribution in [2.45, 2.75) is 65.1 Å². The molecule has 0 unspecified atom stereocenters. The van der Waals surface area contributed by atoms with Crippen molar-refractivity contribution in [1.82, 2.24) is 14.4 Å². The van der Waals surface area contributed by atoms with Gasteiger partial charge in [0, 0.05) is 41.1 Å².